The normalized spacial score (nSPS) is 11.0. The zero-order valence-electron chi connectivity index (χ0n) is 19.1. The molecule has 7 nitrogen and oxygen atoms in total. The van der Waals surface area contributed by atoms with E-state index in [2.05, 4.69) is 10.4 Å². The fourth-order valence-electron chi connectivity index (χ4n) is 3.48. The number of carbonyl (C=O) groups excluding carboxylic acids is 1. The second kappa shape index (κ2) is 12.2. The second-order valence-electron chi connectivity index (χ2n) is 7.79. The maximum atomic E-state index is 12.8. The van der Waals surface area contributed by atoms with Crippen molar-refractivity contribution in [3.05, 3.63) is 104 Å². The third-order valence-electron chi connectivity index (χ3n) is 5.16. The number of thioether (sulfide) groups is 1. The van der Waals surface area contributed by atoms with Crippen LogP contribution in [0.3, 0.4) is 0 Å². The van der Waals surface area contributed by atoms with E-state index in [4.69, 9.17) is 16.3 Å². The molecule has 1 aromatic carbocycles. The summed E-state index contributed by atoms with van der Waals surface area (Å²) in [5, 5.41) is 10.2. The van der Waals surface area contributed by atoms with Crippen molar-refractivity contribution < 1.29 is 9.53 Å². The van der Waals surface area contributed by atoms with E-state index in [1.54, 1.807) is 64.0 Å². The highest BCUT2D eigenvalue weighted by Crippen LogP contribution is 2.28. The Labute approximate surface area is 216 Å². The van der Waals surface area contributed by atoms with Crippen LogP contribution in [0.15, 0.2) is 75.3 Å². The zero-order chi connectivity index (χ0) is 24.6. The Morgan fingerprint density at radius 2 is 1.94 bits per heavy atom. The lowest BCUT2D eigenvalue weighted by Crippen LogP contribution is -2.26. The Morgan fingerprint density at radius 1 is 1.17 bits per heavy atom. The molecule has 0 radical (unpaired) electrons. The van der Waals surface area contributed by atoms with Gasteiger partial charge in [0.2, 0.25) is 0 Å². The van der Waals surface area contributed by atoms with Crippen LogP contribution in [0.4, 0.5) is 0 Å². The number of hydrogen-bond acceptors (Lipinski definition) is 6. The lowest BCUT2D eigenvalue weighted by molar-refractivity contribution is 0.0951. The lowest BCUT2D eigenvalue weighted by atomic mass is 10.1. The third kappa shape index (κ3) is 7.08. The minimum absolute atomic E-state index is 0.0286. The van der Waals surface area contributed by atoms with Crippen LogP contribution in [0, 0.1) is 0 Å². The van der Waals surface area contributed by atoms with Gasteiger partial charge in [0.1, 0.15) is 5.69 Å². The topological polar surface area (TPSA) is 78.2 Å². The third-order valence-corrected chi connectivity index (χ3v) is 7.68. The molecular formula is C25H25ClN4O3S2. The highest BCUT2D eigenvalue weighted by Gasteiger charge is 2.16. The Hall–Kier alpha value is -2.85. The Morgan fingerprint density at radius 3 is 2.63 bits per heavy atom. The van der Waals surface area contributed by atoms with E-state index >= 15 is 0 Å². The van der Waals surface area contributed by atoms with Crippen LogP contribution in [0.2, 0.25) is 5.02 Å². The van der Waals surface area contributed by atoms with Crippen LogP contribution in [0.25, 0.3) is 0 Å². The quantitative estimate of drug-likeness (QED) is 0.229. The molecule has 0 saturated heterocycles. The standard InChI is InChI=1S/C25H25ClN4O3S2/c1-33-16-22-21(25(32)27-9-11-34-24-12-20(26)17-35-24)15-30(28-22)14-19-7-5-18(6-8-19)13-29-10-3-2-4-23(29)31/h2-8,10,12,15,17H,9,11,13-14,16H2,1H3,(H,27,32). The molecule has 182 valence electrons. The molecule has 0 unspecified atom stereocenters. The van der Waals surface area contributed by atoms with Crippen LogP contribution in [0.1, 0.15) is 27.2 Å². The van der Waals surface area contributed by atoms with E-state index in [9.17, 15) is 9.59 Å². The van der Waals surface area contributed by atoms with Gasteiger partial charge in [0.15, 0.2) is 0 Å². The first-order valence-corrected chi connectivity index (χ1v) is 13.2. The number of nitrogens with zero attached hydrogens (tertiary/aromatic N) is 3. The number of carbonyl (C=O) groups is 1. The summed E-state index contributed by atoms with van der Waals surface area (Å²) in [4.78, 5) is 24.7. The summed E-state index contributed by atoms with van der Waals surface area (Å²) in [6.07, 6.45) is 3.54. The summed E-state index contributed by atoms with van der Waals surface area (Å²) < 4.78 is 9.79. The van der Waals surface area contributed by atoms with Crippen molar-refractivity contribution in [1.29, 1.82) is 0 Å². The molecule has 10 heteroatoms. The largest absolute Gasteiger partial charge is 0.378 e. The van der Waals surface area contributed by atoms with Gasteiger partial charge in [0.25, 0.3) is 11.5 Å². The average molecular weight is 529 g/mol. The fourth-order valence-corrected chi connectivity index (χ4v) is 5.63. The predicted octanol–water partition coefficient (Wildman–Crippen LogP) is 4.52. The molecule has 0 aliphatic heterocycles. The monoisotopic (exact) mass is 528 g/mol. The number of benzene rings is 1. The summed E-state index contributed by atoms with van der Waals surface area (Å²) in [5.74, 6) is 0.578. The highest BCUT2D eigenvalue weighted by atomic mass is 35.5. The lowest BCUT2D eigenvalue weighted by Gasteiger charge is -2.07. The van der Waals surface area contributed by atoms with E-state index in [1.807, 2.05) is 41.8 Å². The number of ether oxygens (including phenoxy) is 1. The molecule has 3 heterocycles. The highest BCUT2D eigenvalue weighted by molar-refractivity contribution is 8.01. The first-order chi connectivity index (χ1) is 17.0. The van der Waals surface area contributed by atoms with Crippen molar-refractivity contribution >= 4 is 40.6 Å². The molecule has 4 aromatic rings. The van der Waals surface area contributed by atoms with Gasteiger partial charge in [-0.05, 0) is 23.3 Å². The van der Waals surface area contributed by atoms with Crippen molar-refractivity contribution in [3.63, 3.8) is 0 Å². The van der Waals surface area contributed by atoms with E-state index in [-0.39, 0.29) is 18.1 Å². The van der Waals surface area contributed by atoms with Gasteiger partial charge < -0.3 is 14.6 Å². The number of hydrogen-bond donors (Lipinski definition) is 1. The maximum absolute atomic E-state index is 12.8. The first kappa shape index (κ1) is 25.2. The number of thiophene rings is 1. The van der Waals surface area contributed by atoms with Crippen LogP contribution < -0.4 is 10.9 Å². The van der Waals surface area contributed by atoms with E-state index < -0.39 is 0 Å². The van der Waals surface area contributed by atoms with Gasteiger partial charge in [-0.25, -0.2) is 0 Å². The van der Waals surface area contributed by atoms with E-state index in [0.717, 1.165) is 26.1 Å². The van der Waals surface area contributed by atoms with Gasteiger partial charge >= 0.3 is 0 Å². The molecule has 0 atom stereocenters. The van der Waals surface area contributed by atoms with E-state index in [1.165, 1.54) is 0 Å². The van der Waals surface area contributed by atoms with Crippen molar-refractivity contribution in [3.8, 4) is 0 Å². The van der Waals surface area contributed by atoms with Crippen molar-refractivity contribution in [2.75, 3.05) is 19.4 Å². The molecule has 0 bridgehead atoms. The fraction of sp³-hybridized carbons (Fsp3) is 0.240. The molecule has 1 amide bonds. The average Bonchev–Trinajstić information content (AvgIpc) is 3.45. The van der Waals surface area contributed by atoms with Crippen LogP contribution in [-0.4, -0.2) is 39.7 Å². The molecule has 0 saturated carbocycles. The Balaban J connectivity index is 1.36. The maximum Gasteiger partial charge on any atom is 0.254 e. The van der Waals surface area contributed by atoms with Gasteiger partial charge in [-0.1, -0.05) is 41.9 Å². The van der Waals surface area contributed by atoms with Gasteiger partial charge in [0.05, 0.1) is 34.5 Å². The van der Waals surface area contributed by atoms with E-state index in [0.29, 0.717) is 30.9 Å². The minimum Gasteiger partial charge on any atom is -0.378 e. The minimum atomic E-state index is -0.170. The number of aromatic nitrogens is 3. The molecule has 0 aliphatic carbocycles. The number of amides is 1. The molecule has 3 aromatic heterocycles. The number of rotatable bonds is 11. The van der Waals surface area contributed by atoms with Crippen molar-refractivity contribution in [2.45, 2.75) is 23.9 Å². The molecule has 0 fully saturated rings. The smallest absolute Gasteiger partial charge is 0.254 e. The van der Waals surface area contributed by atoms with Gasteiger partial charge in [-0.2, -0.15) is 5.10 Å². The number of halogens is 1. The molecular weight excluding hydrogens is 504 g/mol. The number of nitrogens with one attached hydrogen (secondary N) is 1. The molecule has 4 rings (SSSR count). The summed E-state index contributed by atoms with van der Waals surface area (Å²) in [6.45, 7) is 1.82. The van der Waals surface area contributed by atoms with Gasteiger partial charge in [0, 0.05) is 43.2 Å². The Kier molecular flexibility index (Phi) is 8.81. The molecule has 35 heavy (non-hydrogen) atoms. The van der Waals surface area contributed by atoms with Gasteiger partial charge in [-0.3, -0.25) is 14.3 Å². The Bertz CT molecular complexity index is 1330. The number of methoxy groups -OCH3 is 1. The number of pyridine rings is 1. The summed E-state index contributed by atoms with van der Waals surface area (Å²) in [7, 11) is 1.58. The summed E-state index contributed by atoms with van der Waals surface area (Å²) >= 11 is 9.20. The van der Waals surface area contributed by atoms with Crippen LogP contribution in [0.5, 0.6) is 0 Å². The molecule has 0 spiro atoms. The van der Waals surface area contributed by atoms with Crippen LogP contribution in [-0.2, 0) is 24.4 Å². The predicted molar refractivity (Wildman–Crippen MR) is 141 cm³/mol. The molecule has 0 aliphatic rings. The summed E-state index contributed by atoms with van der Waals surface area (Å²) in [6, 6.07) is 15.1. The van der Waals surface area contributed by atoms with Crippen molar-refractivity contribution in [1.82, 2.24) is 19.7 Å². The van der Waals surface area contributed by atoms with Crippen LogP contribution >= 0.6 is 34.7 Å². The SMILES string of the molecule is COCc1nn(Cc2ccc(Cn3ccccc3=O)cc2)cc1C(=O)NCCSc1cc(Cl)cs1. The zero-order valence-corrected chi connectivity index (χ0v) is 21.5. The van der Waals surface area contributed by atoms with Gasteiger partial charge in [-0.15, -0.1) is 23.1 Å². The first-order valence-electron chi connectivity index (χ1n) is 11.0. The summed E-state index contributed by atoms with van der Waals surface area (Å²) in [5.41, 5.74) is 3.15. The van der Waals surface area contributed by atoms with Crippen molar-refractivity contribution in [2.24, 2.45) is 0 Å². The second-order valence-corrected chi connectivity index (χ2v) is 10.5. The molecule has 1 N–H and O–H groups in total.